The van der Waals surface area contributed by atoms with E-state index in [-0.39, 0.29) is 17.5 Å². The Balaban J connectivity index is 2.05. The third-order valence-electron chi connectivity index (χ3n) is 3.67. The summed E-state index contributed by atoms with van der Waals surface area (Å²) in [5.41, 5.74) is 0. The SMILES string of the molecule is C[C@@H](NS(=O)(=O)c1cnn(CC(=O)O)c1)C1CCCC1. The Kier molecular flexibility index (Phi) is 4.44. The molecule has 1 aliphatic rings. The van der Waals surface area contributed by atoms with Crippen LogP contribution in [0.2, 0.25) is 0 Å². The van der Waals surface area contributed by atoms with Crippen LogP contribution in [0.4, 0.5) is 0 Å². The monoisotopic (exact) mass is 301 g/mol. The van der Waals surface area contributed by atoms with Crippen LogP contribution in [0.5, 0.6) is 0 Å². The predicted molar refractivity (Wildman–Crippen MR) is 71.6 cm³/mol. The lowest BCUT2D eigenvalue weighted by molar-refractivity contribution is -0.137. The molecule has 2 rings (SSSR count). The Hall–Kier alpha value is -1.41. The summed E-state index contributed by atoms with van der Waals surface area (Å²) < 4.78 is 28.1. The van der Waals surface area contributed by atoms with Gasteiger partial charge in [-0.15, -0.1) is 0 Å². The number of nitrogens with one attached hydrogen (secondary N) is 1. The van der Waals surface area contributed by atoms with Crippen LogP contribution in [0.1, 0.15) is 32.6 Å². The maximum atomic E-state index is 12.2. The highest BCUT2D eigenvalue weighted by molar-refractivity contribution is 7.89. The summed E-state index contributed by atoms with van der Waals surface area (Å²) in [5.74, 6) is -0.692. The summed E-state index contributed by atoms with van der Waals surface area (Å²) in [4.78, 5) is 10.6. The van der Waals surface area contributed by atoms with Gasteiger partial charge in [0.2, 0.25) is 10.0 Å². The molecule has 1 aromatic rings. The van der Waals surface area contributed by atoms with E-state index in [1.54, 1.807) is 0 Å². The van der Waals surface area contributed by atoms with Gasteiger partial charge in [-0.1, -0.05) is 12.8 Å². The molecule has 0 aliphatic heterocycles. The molecule has 0 spiro atoms. The largest absolute Gasteiger partial charge is 0.480 e. The molecule has 8 heteroatoms. The van der Waals surface area contributed by atoms with E-state index in [1.165, 1.54) is 12.4 Å². The summed E-state index contributed by atoms with van der Waals surface area (Å²) in [6, 6.07) is -0.120. The molecule has 0 saturated heterocycles. The van der Waals surface area contributed by atoms with Gasteiger partial charge >= 0.3 is 5.97 Å². The predicted octanol–water partition coefficient (Wildman–Crippen LogP) is 0.825. The highest BCUT2D eigenvalue weighted by atomic mass is 32.2. The van der Waals surface area contributed by atoms with E-state index in [0.29, 0.717) is 5.92 Å². The molecule has 0 aromatic carbocycles. The van der Waals surface area contributed by atoms with Crippen LogP contribution in [0, 0.1) is 5.92 Å². The first kappa shape index (κ1) is 15.0. The molecule has 7 nitrogen and oxygen atoms in total. The van der Waals surface area contributed by atoms with E-state index in [1.807, 2.05) is 6.92 Å². The molecule has 1 atom stereocenters. The third-order valence-corrected chi connectivity index (χ3v) is 5.18. The van der Waals surface area contributed by atoms with Crippen molar-refractivity contribution in [3.8, 4) is 0 Å². The quantitative estimate of drug-likeness (QED) is 0.810. The van der Waals surface area contributed by atoms with Gasteiger partial charge in [-0.2, -0.15) is 5.10 Å². The van der Waals surface area contributed by atoms with Crippen LogP contribution in [-0.2, 0) is 21.4 Å². The second-order valence-electron chi connectivity index (χ2n) is 5.22. The highest BCUT2D eigenvalue weighted by Gasteiger charge is 2.26. The van der Waals surface area contributed by atoms with Gasteiger partial charge in [-0.3, -0.25) is 9.48 Å². The average Bonchev–Trinajstić information content (AvgIpc) is 2.97. The molecule has 1 aliphatic carbocycles. The summed E-state index contributed by atoms with van der Waals surface area (Å²) >= 11 is 0. The number of rotatable bonds is 6. The molecule has 1 fully saturated rings. The van der Waals surface area contributed by atoms with E-state index in [0.717, 1.165) is 30.4 Å². The standard InChI is InChI=1S/C12H19N3O4S/c1-9(10-4-2-3-5-10)14-20(18,19)11-6-13-15(7-11)8-12(16)17/h6-7,9-10,14H,2-5,8H2,1H3,(H,16,17)/t9-/m1/s1. The van der Waals surface area contributed by atoms with Crippen molar-refractivity contribution in [1.82, 2.24) is 14.5 Å². The van der Waals surface area contributed by atoms with Gasteiger partial charge in [0.05, 0.1) is 6.20 Å². The van der Waals surface area contributed by atoms with Crippen molar-refractivity contribution in [2.45, 2.75) is 50.1 Å². The first-order valence-corrected chi connectivity index (χ1v) is 8.13. The van der Waals surface area contributed by atoms with Crippen LogP contribution in [0.3, 0.4) is 0 Å². The Morgan fingerprint density at radius 3 is 2.80 bits per heavy atom. The lowest BCUT2D eigenvalue weighted by Gasteiger charge is -2.19. The van der Waals surface area contributed by atoms with Crippen molar-refractivity contribution in [3.05, 3.63) is 12.4 Å². The van der Waals surface area contributed by atoms with Crippen LogP contribution in [-0.4, -0.2) is 35.3 Å². The maximum Gasteiger partial charge on any atom is 0.325 e. The molecule has 1 heterocycles. The van der Waals surface area contributed by atoms with Crippen LogP contribution in [0.15, 0.2) is 17.3 Å². The fraction of sp³-hybridized carbons (Fsp3) is 0.667. The van der Waals surface area contributed by atoms with Gasteiger partial charge in [0.1, 0.15) is 11.4 Å². The van der Waals surface area contributed by atoms with Gasteiger partial charge in [-0.05, 0) is 25.7 Å². The minimum Gasteiger partial charge on any atom is -0.480 e. The Morgan fingerprint density at radius 2 is 2.20 bits per heavy atom. The molecule has 0 radical (unpaired) electrons. The highest BCUT2D eigenvalue weighted by Crippen LogP contribution is 2.28. The third kappa shape index (κ3) is 3.57. The fourth-order valence-corrected chi connectivity index (χ4v) is 3.84. The number of aromatic nitrogens is 2. The second kappa shape index (κ2) is 5.92. The number of carboxylic acids is 1. The summed E-state index contributed by atoms with van der Waals surface area (Å²) in [5, 5.41) is 12.4. The lowest BCUT2D eigenvalue weighted by atomic mass is 10.0. The minimum absolute atomic E-state index is 0.00333. The van der Waals surface area contributed by atoms with Gasteiger partial charge in [0.25, 0.3) is 0 Å². The van der Waals surface area contributed by atoms with Gasteiger partial charge in [-0.25, -0.2) is 13.1 Å². The minimum atomic E-state index is -3.64. The average molecular weight is 301 g/mol. The molecule has 2 N–H and O–H groups in total. The second-order valence-corrected chi connectivity index (χ2v) is 6.94. The van der Waals surface area contributed by atoms with Crippen molar-refractivity contribution >= 4 is 16.0 Å². The number of hydrogen-bond donors (Lipinski definition) is 2. The number of nitrogens with zero attached hydrogens (tertiary/aromatic N) is 2. The van der Waals surface area contributed by atoms with E-state index in [4.69, 9.17) is 5.11 Å². The number of aliphatic carboxylic acids is 1. The normalized spacial score (nSPS) is 18.2. The van der Waals surface area contributed by atoms with Crippen molar-refractivity contribution in [2.24, 2.45) is 5.92 Å². The van der Waals surface area contributed by atoms with Gasteiger partial charge in [0.15, 0.2) is 0 Å². The Labute approximate surface area is 118 Å². The Morgan fingerprint density at radius 1 is 1.55 bits per heavy atom. The van der Waals surface area contributed by atoms with E-state index in [9.17, 15) is 13.2 Å². The number of hydrogen-bond acceptors (Lipinski definition) is 4. The zero-order chi connectivity index (χ0) is 14.8. The molecular weight excluding hydrogens is 282 g/mol. The van der Waals surface area contributed by atoms with Crippen LogP contribution >= 0.6 is 0 Å². The Bertz CT molecular complexity index is 575. The smallest absolute Gasteiger partial charge is 0.325 e. The molecule has 0 bridgehead atoms. The topological polar surface area (TPSA) is 101 Å². The van der Waals surface area contributed by atoms with Crippen molar-refractivity contribution in [2.75, 3.05) is 0 Å². The van der Waals surface area contributed by atoms with Crippen LogP contribution in [0.25, 0.3) is 0 Å². The summed E-state index contributed by atoms with van der Waals surface area (Å²) in [7, 11) is -3.64. The first-order chi connectivity index (χ1) is 9.38. The number of sulfonamides is 1. The molecule has 1 aromatic heterocycles. The zero-order valence-corrected chi connectivity index (χ0v) is 12.1. The maximum absolute atomic E-state index is 12.2. The van der Waals surface area contributed by atoms with E-state index < -0.39 is 16.0 Å². The van der Waals surface area contributed by atoms with Gasteiger partial charge in [0, 0.05) is 12.2 Å². The number of carbonyl (C=O) groups is 1. The van der Waals surface area contributed by atoms with Crippen molar-refractivity contribution < 1.29 is 18.3 Å². The van der Waals surface area contributed by atoms with Gasteiger partial charge < -0.3 is 5.11 Å². The van der Waals surface area contributed by atoms with Crippen molar-refractivity contribution in [3.63, 3.8) is 0 Å². The number of carboxylic acid groups (broad SMARTS) is 1. The fourth-order valence-electron chi connectivity index (χ4n) is 2.57. The van der Waals surface area contributed by atoms with Crippen molar-refractivity contribution in [1.29, 1.82) is 0 Å². The molecule has 112 valence electrons. The molecule has 0 unspecified atom stereocenters. The summed E-state index contributed by atoms with van der Waals surface area (Å²) in [6.45, 7) is 1.52. The molecular formula is C12H19N3O4S. The molecule has 1 saturated carbocycles. The molecule has 20 heavy (non-hydrogen) atoms. The van der Waals surface area contributed by atoms with E-state index in [2.05, 4.69) is 9.82 Å². The first-order valence-electron chi connectivity index (χ1n) is 6.65. The zero-order valence-electron chi connectivity index (χ0n) is 11.3. The lowest BCUT2D eigenvalue weighted by Crippen LogP contribution is -2.37. The van der Waals surface area contributed by atoms with Crippen LogP contribution < -0.4 is 4.72 Å². The van der Waals surface area contributed by atoms with E-state index >= 15 is 0 Å². The summed E-state index contributed by atoms with van der Waals surface area (Å²) in [6.07, 6.45) is 6.79. The molecule has 0 amide bonds.